The van der Waals surface area contributed by atoms with Crippen molar-refractivity contribution in [1.82, 2.24) is 10.3 Å². The number of oxazole rings is 1. The standard InChI is InChI=1S/C20H18N2O5S/c1-25-15-6-4-12(8-16(15)26-2)10-18-21-13-7-11(3-5-14(13)27-18)9-17-19(23)22-20(24)28-17/h3-8,17H,9-10H2,1-2H3,(H,22,23,24). The Kier molecular flexibility index (Phi) is 4.95. The van der Waals surface area contributed by atoms with Crippen LogP contribution in [0, 0.1) is 0 Å². The van der Waals surface area contributed by atoms with E-state index in [1.54, 1.807) is 14.2 Å². The molecule has 1 saturated heterocycles. The minimum atomic E-state index is -0.400. The zero-order valence-corrected chi connectivity index (χ0v) is 16.2. The fourth-order valence-electron chi connectivity index (χ4n) is 3.13. The fraction of sp³-hybridized carbons (Fsp3) is 0.250. The van der Waals surface area contributed by atoms with Gasteiger partial charge in [0, 0.05) is 6.42 Å². The van der Waals surface area contributed by atoms with Crippen molar-refractivity contribution in [3.63, 3.8) is 0 Å². The molecule has 1 aliphatic heterocycles. The molecule has 3 aromatic rings. The van der Waals surface area contributed by atoms with E-state index in [0.717, 1.165) is 28.4 Å². The zero-order chi connectivity index (χ0) is 19.7. The average Bonchev–Trinajstić information content (AvgIpc) is 3.22. The van der Waals surface area contributed by atoms with Crippen molar-refractivity contribution in [1.29, 1.82) is 0 Å². The number of amides is 2. The lowest BCUT2D eigenvalue weighted by molar-refractivity contribution is -0.118. The smallest absolute Gasteiger partial charge is 0.286 e. The minimum absolute atomic E-state index is 0.246. The molecular formula is C20H18N2O5S. The van der Waals surface area contributed by atoms with Crippen LogP contribution in [0.3, 0.4) is 0 Å². The number of ether oxygens (including phenoxy) is 2. The van der Waals surface area contributed by atoms with Gasteiger partial charge < -0.3 is 13.9 Å². The second-order valence-electron chi connectivity index (χ2n) is 6.36. The van der Waals surface area contributed by atoms with Crippen molar-refractivity contribution in [3.05, 3.63) is 53.4 Å². The maximum atomic E-state index is 11.8. The summed E-state index contributed by atoms with van der Waals surface area (Å²) in [6.45, 7) is 0. The van der Waals surface area contributed by atoms with Crippen molar-refractivity contribution in [2.24, 2.45) is 0 Å². The number of hydrogen-bond acceptors (Lipinski definition) is 7. The predicted molar refractivity (Wildman–Crippen MR) is 105 cm³/mol. The Morgan fingerprint density at radius 3 is 2.57 bits per heavy atom. The first-order valence-corrected chi connectivity index (χ1v) is 9.54. The van der Waals surface area contributed by atoms with Crippen LogP contribution in [0.25, 0.3) is 11.1 Å². The molecule has 1 atom stereocenters. The lowest BCUT2D eigenvalue weighted by Gasteiger charge is -2.08. The third-order valence-electron chi connectivity index (χ3n) is 4.49. The van der Waals surface area contributed by atoms with E-state index in [1.807, 2.05) is 36.4 Å². The topological polar surface area (TPSA) is 90.7 Å². The van der Waals surface area contributed by atoms with E-state index in [9.17, 15) is 9.59 Å². The molecule has 28 heavy (non-hydrogen) atoms. The molecule has 4 rings (SSSR count). The number of hydrogen-bond donors (Lipinski definition) is 1. The van der Waals surface area contributed by atoms with Gasteiger partial charge in [-0.25, -0.2) is 4.98 Å². The largest absolute Gasteiger partial charge is 0.493 e. The van der Waals surface area contributed by atoms with Crippen LogP contribution >= 0.6 is 11.8 Å². The number of fused-ring (bicyclic) bond motifs is 1. The molecule has 1 N–H and O–H groups in total. The highest BCUT2D eigenvalue weighted by molar-refractivity contribution is 8.15. The quantitative estimate of drug-likeness (QED) is 0.681. The number of imide groups is 1. The Hall–Kier alpha value is -3.00. The zero-order valence-electron chi connectivity index (χ0n) is 15.4. The van der Waals surface area contributed by atoms with Gasteiger partial charge in [0.2, 0.25) is 5.91 Å². The highest BCUT2D eigenvalue weighted by atomic mass is 32.2. The van der Waals surface area contributed by atoms with E-state index < -0.39 is 5.25 Å². The molecule has 2 aromatic carbocycles. The number of thioether (sulfide) groups is 1. The molecule has 0 spiro atoms. The van der Waals surface area contributed by atoms with Gasteiger partial charge >= 0.3 is 0 Å². The van der Waals surface area contributed by atoms with Gasteiger partial charge in [-0.1, -0.05) is 23.9 Å². The molecule has 8 heteroatoms. The van der Waals surface area contributed by atoms with Crippen LogP contribution in [0.2, 0.25) is 0 Å². The molecule has 7 nitrogen and oxygen atoms in total. The number of nitrogens with one attached hydrogen (secondary N) is 1. The van der Waals surface area contributed by atoms with Crippen molar-refractivity contribution < 1.29 is 23.5 Å². The molecule has 1 fully saturated rings. The van der Waals surface area contributed by atoms with Crippen LogP contribution in [-0.2, 0) is 17.6 Å². The molecule has 1 unspecified atom stereocenters. The summed E-state index contributed by atoms with van der Waals surface area (Å²) in [5, 5.41) is 1.61. The third kappa shape index (κ3) is 3.68. The summed E-state index contributed by atoms with van der Waals surface area (Å²) in [4.78, 5) is 27.6. The third-order valence-corrected chi connectivity index (χ3v) is 5.47. The summed E-state index contributed by atoms with van der Waals surface area (Å²) in [5.74, 6) is 1.66. The summed E-state index contributed by atoms with van der Waals surface area (Å²) in [5.41, 5.74) is 3.32. The van der Waals surface area contributed by atoms with Gasteiger partial charge in [0.05, 0.1) is 19.5 Å². The Morgan fingerprint density at radius 1 is 1.07 bits per heavy atom. The van der Waals surface area contributed by atoms with Gasteiger partial charge in [-0.15, -0.1) is 0 Å². The lowest BCUT2D eigenvalue weighted by Crippen LogP contribution is -2.25. The maximum absolute atomic E-state index is 11.8. The Bertz CT molecular complexity index is 1060. The molecule has 1 aromatic heterocycles. The Labute approximate surface area is 165 Å². The number of carbonyl (C=O) groups excluding carboxylic acids is 2. The number of benzene rings is 2. The normalized spacial score (nSPS) is 16.4. The van der Waals surface area contributed by atoms with Gasteiger partial charge in [0.25, 0.3) is 5.24 Å². The summed E-state index contributed by atoms with van der Waals surface area (Å²) in [7, 11) is 3.19. The second kappa shape index (κ2) is 7.55. The summed E-state index contributed by atoms with van der Waals surface area (Å²) in [6, 6.07) is 11.3. The summed E-state index contributed by atoms with van der Waals surface area (Å²) < 4.78 is 16.4. The number of carbonyl (C=O) groups is 2. The first-order valence-electron chi connectivity index (χ1n) is 8.66. The SMILES string of the molecule is COc1ccc(Cc2nc3cc(CC4SC(=O)NC4=O)ccc3o2)cc1OC. The Morgan fingerprint density at radius 2 is 1.86 bits per heavy atom. The van der Waals surface area contributed by atoms with Crippen molar-refractivity contribution in [2.75, 3.05) is 14.2 Å². The highest BCUT2D eigenvalue weighted by Gasteiger charge is 2.31. The molecule has 0 radical (unpaired) electrons. The lowest BCUT2D eigenvalue weighted by atomic mass is 10.1. The van der Waals surface area contributed by atoms with Crippen molar-refractivity contribution in [2.45, 2.75) is 18.1 Å². The molecule has 2 amide bonds. The van der Waals surface area contributed by atoms with E-state index in [-0.39, 0.29) is 11.1 Å². The van der Waals surface area contributed by atoms with Crippen LogP contribution in [0.1, 0.15) is 17.0 Å². The van der Waals surface area contributed by atoms with Crippen LogP contribution in [0.5, 0.6) is 11.5 Å². The van der Waals surface area contributed by atoms with Crippen LogP contribution in [0.15, 0.2) is 40.8 Å². The van der Waals surface area contributed by atoms with Gasteiger partial charge in [-0.05, 0) is 41.8 Å². The number of methoxy groups -OCH3 is 2. The second-order valence-corrected chi connectivity index (χ2v) is 7.54. The van der Waals surface area contributed by atoms with Crippen molar-refractivity contribution in [3.8, 4) is 11.5 Å². The molecule has 0 aliphatic carbocycles. The molecular weight excluding hydrogens is 380 g/mol. The van der Waals surface area contributed by atoms with E-state index in [1.165, 1.54) is 0 Å². The monoisotopic (exact) mass is 398 g/mol. The van der Waals surface area contributed by atoms with Crippen LogP contribution < -0.4 is 14.8 Å². The number of nitrogens with zero attached hydrogens (tertiary/aromatic N) is 1. The van der Waals surface area contributed by atoms with Gasteiger partial charge in [0.15, 0.2) is 23.0 Å². The number of rotatable bonds is 6. The van der Waals surface area contributed by atoms with Crippen molar-refractivity contribution >= 4 is 34.0 Å². The van der Waals surface area contributed by atoms with Gasteiger partial charge in [-0.2, -0.15) is 0 Å². The first-order chi connectivity index (χ1) is 13.6. The Balaban J connectivity index is 1.53. The molecule has 0 bridgehead atoms. The molecule has 144 valence electrons. The van der Waals surface area contributed by atoms with E-state index in [2.05, 4.69) is 10.3 Å². The van der Waals surface area contributed by atoms with E-state index >= 15 is 0 Å². The summed E-state index contributed by atoms with van der Waals surface area (Å²) in [6.07, 6.45) is 0.982. The number of aromatic nitrogens is 1. The molecule has 0 saturated carbocycles. The van der Waals surface area contributed by atoms with Crippen LogP contribution in [0.4, 0.5) is 4.79 Å². The highest BCUT2D eigenvalue weighted by Crippen LogP contribution is 2.29. The van der Waals surface area contributed by atoms with Crippen LogP contribution in [-0.4, -0.2) is 35.6 Å². The van der Waals surface area contributed by atoms with Gasteiger partial charge in [0.1, 0.15) is 5.52 Å². The summed E-state index contributed by atoms with van der Waals surface area (Å²) >= 11 is 1.02. The maximum Gasteiger partial charge on any atom is 0.286 e. The van der Waals surface area contributed by atoms with E-state index in [0.29, 0.717) is 35.8 Å². The first kappa shape index (κ1) is 18.4. The minimum Gasteiger partial charge on any atom is -0.493 e. The molecule has 1 aliphatic rings. The van der Waals surface area contributed by atoms with E-state index in [4.69, 9.17) is 13.9 Å². The van der Waals surface area contributed by atoms with Gasteiger partial charge in [-0.3, -0.25) is 14.9 Å². The predicted octanol–water partition coefficient (Wildman–Crippen LogP) is 3.33. The fourth-order valence-corrected chi connectivity index (χ4v) is 3.99. The molecule has 2 heterocycles. The average molecular weight is 398 g/mol.